The zero-order chi connectivity index (χ0) is 14.3. The van der Waals surface area contributed by atoms with Crippen LogP contribution in [0.15, 0.2) is 0 Å². The summed E-state index contributed by atoms with van der Waals surface area (Å²) in [5.74, 6) is 0.611. The lowest BCUT2D eigenvalue weighted by molar-refractivity contribution is -0.139. The van der Waals surface area contributed by atoms with Crippen molar-refractivity contribution >= 4 is 21.8 Å². The van der Waals surface area contributed by atoms with Gasteiger partial charge in [-0.2, -0.15) is 0 Å². The third kappa shape index (κ3) is 7.51. The van der Waals surface area contributed by atoms with Crippen molar-refractivity contribution in [2.75, 3.05) is 12.0 Å². The summed E-state index contributed by atoms with van der Waals surface area (Å²) in [4.78, 5) is 22.2. The SMILES string of the molecule is C#CC(C)NC(=O)NC(CCS(C)(=O)=O)C(=O)O. The van der Waals surface area contributed by atoms with E-state index in [1.807, 2.05) is 0 Å². The van der Waals surface area contributed by atoms with Crippen molar-refractivity contribution in [3.8, 4) is 12.3 Å². The van der Waals surface area contributed by atoms with Crippen molar-refractivity contribution in [2.24, 2.45) is 0 Å². The number of carboxylic acid groups (broad SMARTS) is 1. The Morgan fingerprint density at radius 2 is 1.94 bits per heavy atom. The van der Waals surface area contributed by atoms with E-state index in [9.17, 15) is 18.0 Å². The van der Waals surface area contributed by atoms with Gasteiger partial charge in [0, 0.05) is 6.26 Å². The Bertz CT molecular complexity index is 451. The van der Waals surface area contributed by atoms with Crippen LogP contribution in [0.1, 0.15) is 13.3 Å². The Kier molecular flexibility index (Phi) is 6.19. The van der Waals surface area contributed by atoms with Gasteiger partial charge in [0.05, 0.1) is 11.8 Å². The standard InChI is InChI=1S/C10H16N2O5S/c1-4-7(2)11-10(15)12-8(9(13)14)5-6-18(3,16)17/h1,7-8H,5-6H2,2-3H3,(H,13,14)(H2,11,12,15). The summed E-state index contributed by atoms with van der Waals surface area (Å²) in [6, 6.07) is -2.57. The summed E-state index contributed by atoms with van der Waals surface area (Å²) in [6.45, 7) is 1.55. The molecule has 3 N–H and O–H groups in total. The highest BCUT2D eigenvalue weighted by atomic mass is 32.2. The molecule has 0 aromatic rings. The third-order valence-corrected chi connectivity index (χ3v) is 2.96. The van der Waals surface area contributed by atoms with Gasteiger partial charge in [0.25, 0.3) is 0 Å². The maximum absolute atomic E-state index is 11.3. The number of nitrogens with one attached hydrogen (secondary N) is 2. The summed E-state index contributed by atoms with van der Waals surface area (Å²) in [6.07, 6.45) is 5.83. The van der Waals surface area contributed by atoms with Crippen molar-refractivity contribution in [1.82, 2.24) is 10.6 Å². The molecule has 0 radical (unpaired) electrons. The molecule has 8 heteroatoms. The van der Waals surface area contributed by atoms with E-state index in [-0.39, 0.29) is 12.2 Å². The number of hydrogen-bond acceptors (Lipinski definition) is 4. The molecule has 18 heavy (non-hydrogen) atoms. The highest BCUT2D eigenvalue weighted by Gasteiger charge is 2.21. The number of terminal acetylenes is 1. The number of carbonyl (C=O) groups excluding carboxylic acids is 1. The molecule has 102 valence electrons. The van der Waals surface area contributed by atoms with E-state index in [4.69, 9.17) is 11.5 Å². The summed E-state index contributed by atoms with van der Waals surface area (Å²) in [7, 11) is -3.28. The number of rotatable bonds is 6. The fraction of sp³-hybridized carbons (Fsp3) is 0.600. The van der Waals surface area contributed by atoms with Gasteiger partial charge >= 0.3 is 12.0 Å². The maximum atomic E-state index is 11.3. The third-order valence-electron chi connectivity index (χ3n) is 1.98. The van der Waals surface area contributed by atoms with Gasteiger partial charge in [-0.1, -0.05) is 5.92 Å². The van der Waals surface area contributed by atoms with Gasteiger partial charge in [0.1, 0.15) is 15.9 Å². The van der Waals surface area contributed by atoms with E-state index in [2.05, 4.69) is 16.6 Å². The van der Waals surface area contributed by atoms with Gasteiger partial charge in [-0.25, -0.2) is 18.0 Å². The summed E-state index contributed by atoms with van der Waals surface area (Å²) in [5, 5.41) is 13.3. The maximum Gasteiger partial charge on any atom is 0.326 e. The normalized spacial score (nSPS) is 14.1. The van der Waals surface area contributed by atoms with Crippen LogP contribution >= 0.6 is 0 Å². The molecule has 2 amide bonds. The zero-order valence-electron chi connectivity index (χ0n) is 10.1. The van der Waals surface area contributed by atoms with Crippen LogP contribution in [-0.4, -0.2) is 49.6 Å². The highest BCUT2D eigenvalue weighted by molar-refractivity contribution is 7.90. The van der Waals surface area contributed by atoms with Crippen LogP contribution in [-0.2, 0) is 14.6 Å². The minimum Gasteiger partial charge on any atom is -0.480 e. The second kappa shape index (κ2) is 6.86. The van der Waals surface area contributed by atoms with E-state index in [1.165, 1.54) is 0 Å². The number of urea groups is 1. The fourth-order valence-electron chi connectivity index (χ4n) is 1.03. The van der Waals surface area contributed by atoms with Crippen LogP contribution in [0.2, 0.25) is 0 Å². The van der Waals surface area contributed by atoms with Gasteiger partial charge in [-0.3, -0.25) is 0 Å². The average Bonchev–Trinajstić information content (AvgIpc) is 2.22. The summed E-state index contributed by atoms with van der Waals surface area (Å²) < 4.78 is 21.8. The predicted molar refractivity (Wildman–Crippen MR) is 65.7 cm³/mol. The number of hydrogen-bond donors (Lipinski definition) is 3. The van der Waals surface area contributed by atoms with E-state index in [0.717, 1.165) is 6.26 Å². The average molecular weight is 276 g/mol. The smallest absolute Gasteiger partial charge is 0.326 e. The second-order valence-corrected chi connectivity index (χ2v) is 6.08. The molecular weight excluding hydrogens is 260 g/mol. The van der Waals surface area contributed by atoms with E-state index >= 15 is 0 Å². The lowest BCUT2D eigenvalue weighted by atomic mass is 10.2. The molecule has 0 aromatic carbocycles. The molecule has 2 atom stereocenters. The van der Waals surface area contributed by atoms with Crippen LogP contribution in [0.3, 0.4) is 0 Å². The van der Waals surface area contributed by atoms with Gasteiger partial charge in [0.15, 0.2) is 0 Å². The topological polar surface area (TPSA) is 113 Å². The van der Waals surface area contributed by atoms with Crippen molar-refractivity contribution in [1.29, 1.82) is 0 Å². The summed E-state index contributed by atoms with van der Waals surface area (Å²) >= 11 is 0. The molecule has 2 unspecified atom stereocenters. The molecule has 0 heterocycles. The Hall–Kier alpha value is -1.75. The zero-order valence-corrected chi connectivity index (χ0v) is 11.0. The molecular formula is C10H16N2O5S. The van der Waals surface area contributed by atoms with Gasteiger partial charge in [-0.15, -0.1) is 6.42 Å². The molecule has 0 aliphatic heterocycles. The number of aliphatic carboxylic acids is 1. The quantitative estimate of drug-likeness (QED) is 0.549. The Morgan fingerprint density at radius 3 is 2.33 bits per heavy atom. The van der Waals surface area contributed by atoms with E-state index in [0.29, 0.717) is 0 Å². The molecule has 7 nitrogen and oxygen atoms in total. The number of carbonyl (C=O) groups is 2. The molecule has 0 aliphatic rings. The monoisotopic (exact) mass is 276 g/mol. The molecule has 0 saturated heterocycles. The van der Waals surface area contributed by atoms with Crippen LogP contribution in [0.4, 0.5) is 4.79 Å². The number of sulfone groups is 1. The highest BCUT2D eigenvalue weighted by Crippen LogP contribution is 1.97. The van der Waals surface area contributed by atoms with Crippen molar-refractivity contribution in [2.45, 2.75) is 25.4 Å². The second-order valence-electron chi connectivity index (χ2n) is 3.82. The van der Waals surface area contributed by atoms with Crippen LogP contribution in [0.25, 0.3) is 0 Å². The molecule has 0 spiro atoms. The van der Waals surface area contributed by atoms with Gasteiger partial charge in [0.2, 0.25) is 0 Å². The molecule has 0 rings (SSSR count). The largest absolute Gasteiger partial charge is 0.480 e. The summed E-state index contributed by atoms with van der Waals surface area (Å²) in [5.41, 5.74) is 0. The van der Waals surface area contributed by atoms with Crippen molar-refractivity contribution < 1.29 is 23.1 Å². The minimum atomic E-state index is -3.28. The van der Waals surface area contributed by atoms with Gasteiger partial charge < -0.3 is 15.7 Å². The Balaban J connectivity index is 4.42. The lowest BCUT2D eigenvalue weighted by Gasteiger charge is -2.15. The molecule has 0 saturated carbocycles. The van der Waals surface area contributed by atoms with Crippen LogP contribution < -0.4 is 10.6 Å². The van der Waals surface area contributed by atoms with Crippen molar-refractivity contribution in [3.05, 3.63) is 0 Å². The van der Waals surface area contributed by atoms with Gasteiger partial charge in [-0.05, 0) is 13.3 Å². The predicted octanol–water partition coefficient (Wildman–Crippen LogP) is -0.805. The number of amides is 2. The first-order valence-electron chi connectivity index (χ1n) is 5.09. The first-order valence-corrected chi connectivity index (χ1v) is 7.15. The van der Waals surface area contributed by atoms with Crippen LogP contribution in [0.5, 0.6) is 0 Å². The van der Waals surface area contributed by atoms with Crippen molar-refractivity contribution in [3.63, 3.8) is 0 Å². The van der Waals surface area contributed by atoms with Crippen LogP contribution in [0, 0.1) is 12.3 Å². The first-order chi connectivity index (χ1) is 8.15. The Morgan fingerprint density at radius 1 is 1.39 bits per heavy atom. The lowest BCUT2D eigenvalue weighted by Crippen LogP contribution is -2.48. The molecule has 0 aliphatic carbocycles. The first kappa shape index (κ1) is 16.2. The fourth-order valence-corrected chi connectivity index (χ4v) is 1.69. The Labute approximate surface area is 106 Å². The molecule has 0 bridgehead atoms. The molecule has 0 fully saturated rings. The minimum absolute atomic E-state index is 0.202. The van der Waals surface area contributed by atoms with E-state index < -0.39 is 33.9 Å². The molecule has 0 aromatic heterocycles. The number of carboxylic acids is 1. The van der Waals surface area contributed by atoms with E-state index in [1.54, 1.807) is 6.92 Å².